The SMILES string of the molecule is COc1cc(OC)c(N)c(C(=O)OC(C)C(N)=O)c1. The summed E-state index contributed by atoms with van der Waals surface area (Å²) in [7, 11) is 2.85. The van der Waals surface area contributed by atoms with Gasteiger partial charge in [-0.3, -0.25) is 4.79 Å². The summed E-state index contributed by atoms with van der Waals surface area (Å²) in [6.07, 6.45) is -1.05. The van der Waals surface area contributed by atoms with E-state index in [1.807, 2.05) is 0 Å². The van der Waals surface area contributed by atoms with Gasteiger partial charge in [0, 0.05) is 6.07 Å². The Morgan fingerprint density at radius 2 is 1.84 bits per heavy atom. The summed E-state index contributed by atoms with van der Waals surface area (Å²) in [6.45, 7) is 1.37. The third-order valence-corrected chi connectivity index (χ3v) is 2.48. The van der Waals surface area contributed by atoms with Crippen LogP contribution >= 0.6 is 0 Å². The lowest BCUT2D eigenvalue weighted by atomic mass is 10.1. The smallest absolute Gasteiger partial charge is 0.341 e. The van der Waals surface area contributed by atoms with E-state index in [2.05, 4.69) is 0 Å². The average molecular weight is 268 g/mol. The van der Waals surface area contributed by atoms with Crippen molar-refractivity contribution in [1.29, 1.82) is 0 Å². The van der Waals surface area contributed by atoms with Crippen LogP contribution in [0.5, 0.6) is 11.5 Å². The quantitative estimate of drug-likeness (QED) is 0.587. The molecule has 0 heterocycles. The highest BCUT2D eigenvalue weighted by Gasteiger charge is 2.21. The second-order valence-electron chi connectivity index (χ2n) is 3.74. The summed E-state index contributed by atoms with van der Waals surface area (Å²) < 4.78 is 14.9. The molecular weight excluding hydrogens is 252 g/mol. The molecule has 1 amide bonds. The number of primary amides is 1. The van der Waals surface area contributed by atoms with Gasteiger partial charge in [0.1, 0.15) is 11.5 Å². The van der Waals surface area contributed by atoms with E-state index in [9.17, 15) is 9.59 Å². The van der Waals surface area contributed by atoms with Gasteiger partial charge in [-0.25, -0.2) is 4.79 Å². The molecule has 104 valence electrons. The molecule has 0 radical (unpaired) electrons. The van der Waals surface area contributed by atoms with Crippen molar-refractivity contribution in [2.24, 2.45) is 5.73 Å². The summed E-state index contributed by atoms with van der Waals surface area (Å²) in [6, 6.07) is 2.93. The summed E-state index contributed by atoms with van der Waals surface area (Å²) in [5.41, 5.74) is 10.9. The lowest BCUT2D eigenvalue weighted by molar-refractivity contribution is -0.125. The second kappa shape index (κ2) is 5.94. The van der Waals surface area contributed by atoms with Crippen molar-refractivity contribution in [2.45, 2.75) is 13.0 Å². The molecule has 0 spiro atoms. The minimum Gasteiger partial charge on any atom is -0.497 e. The van der Waals surface area contributed by atoms with Crippen LogP contribution in [-0.4, -0.2) is 32.2 Å². The van der Waals surface area contributed by atoms with E-state index < -0.39 is 18.0 Å². The van der Waals surface area contributed by atoms with Crippen molar-refractivity contribution in [2.75, 3.05) is 20.0 Å². The Balaban J connectivity index is 3.11. The number of amides is 1. The van der Waals surface area contributed by atoms with Crippen LogP contribution < -0.4 is 20.9 Å². The molecule has 1 rings (SSSR count). The van der Waals surface area contributed by atoms with E-state index in [1.54, 1.807) is 0 Å². The number of hydrogen-bond donors (Lipinski definition) is 2. The molecule has 0 aromatic heterocycles. The molecule has 1 aromatic carbocycles. The zero-order chi connectivity index (χ0) is 14.6. The largest absolute Gasteiger partial charge is 0.497 e. The molecule has 0 aliphatic rings. The number of benzene rings is 1. The zero-order valence-corrected chi connectivity index (χ0v) is 10.9. The first-order valence-electron chi connectivity index (χ1n) is 5.42. The van der Waals surface area contributed by atoms with E-state index in [-0.39, 0.29) is 17.0 Å². The first-order valence-corrected chi connectivity index (χ1v) is 5.42. The van der Waals surface area contributed by atoms with Crippen molar-refractivity contribution in [3.63, 3.8) is 0 Å². The number of carbonyl (C=O) groups excluding carboxylic acids is 2. The number of esters is 1. The van der Waals surface area contributed by atoms with Crippen molar-refractivity contribution in [3.8, 4) is 11.5 Å². The molecule has 19 heavy (non-hydrogen) atoms. The highest BCUT2D eigenvalue weighted by Crippen LogP contribution is 2.31. The first kappa shape index (κ1) is 14.6. The standard InChI is InChI=1S/C12H16N2O5/c1-6(11(14)15)19-12(16)8-4-7(17-2)5-9(18-3)10(8)13/h4-6H,13H2,1-3H3,(H2,14,15). The third kappa shape index (κ3) is 3.27. The van der Waals surface area contributed by atoms with Gasteiger partial charge in [0.2, 0.25) is 0 Å². The molecule has 1 unspecified atom stereocenters. The fraction of sp³-hybridized carbons (Fsp3) is 0.333. The molecule has 4 N–H and O–H groups in total. The lowest BCUT2D eigenvalue weighted by Gasteiger charge is -2.14. The van der Waals surface area contributed by atoms with E-state index in [1.165, 1.54) is 33.3 Å². The van der Waals surface area contributed by atoms with Gasteiger partial charge in [0.15, 0.2) is 6.10 Å². The van der Waals surface area contributed by atoms with Crippen LogP contribution in [-0.2, 0) is 9.53 Å². The summed E-state index contributed by atoms with van der Waals surface area (Å²) in [5, 5.41) is 0. The first-order chi connectivity index (χ1) is 8.90. The Hall–Kier alpha value is -2.44. The number of anilines is 1. The normalized spacial score (nSPS) is 11.5. The van der Waals surface area contributed by atoms with Gasteiger partial charge in [-0.2, -0.15) is 0 Å². The van der Waals surface area contributed by atoms with Crippen LogP contribution in [0.2, 0.25) is 0 Å². The fourth-order valence-electron chi connectivity index (χ4n) is 1.34. The van der Waals surface area contributed by atoms with Crippen LogP contribution in [0.4, 0.5) is 5.69 Å². The molecule has 1 atom stereocenters. The van der Waals surface area contributed by atoms with Crippen LogP contribution in [0.1, 0.15) is 17.3 Å². The molecule has 7 nitrogen and oxygen atoms in total. The minimum atomic E-state index is -1.05. The van der Waals surface area contributed by atoms with Crippen LogP contribution in [0.25, 0.3) is 0 Å². The van der Waals surface area contributed by atoms with Crippen molar-refractivity contribution < 1.29 is 23.8 Å². The Bertz CT molecular complexity index is 501. The maximum atomic E-state index is 11.9. The molecule has 1 aromatic rings. The molecule has 0 saturated heterocycles. The molecule has 0 aliphatic carbocycles. The summed E-state index contributed by atoms with van der Waals surface area (Å²) in [4.78, 5) is 22.8. The monoisotopic (exact) mass is 268 g/mol. The van der Waals surface area contributed by atoms with E-state index in [0.717, 1.165) is 0 Å². The summed E-state index contributed by atoms with van der Waals surface area (Å²) >= 11 is 0. The minimum absolute atomic E-state index is 0.0456. The fourth-order valence-corrected chi connectivity index (χ4v) is 1.34. The maximum Gasteiger partial charge on any atom is 0.341 e. The van der Waals surface area contributed by atoms with Gasteiger partial charge >= 0.3 is 5.97 Å². The van der Waals surface area contributed by atoms with E-state index in [0.29, 0.717) is 5.75 Å². The van der Waals surface area contributed by atoms with Crippen molar-refractivity contribution in [1.82, 2.24) is 0 Å². The van der Waals surface area contributed by atoms with Gasteiger partial charge in [-0.15, -0.1) is 0 Å². The average Bonchev–Trinajstić information content (AvgIpc) is 2.38. The van der Waals surface area contributed by atoms with Gasteiger partial charge in [-0.1, -0.05) is 0 Å². The Kier molecular flexibility index (Phi) is 4.57. The predicted octanol–water partition coefficient (Wildman–Crippen LogP) is 0.317. The predicted molar refractivity (Wildman–Crippen MR) is 68.0 cm³/mol. The van der Waals surface area contributed by atoms with Gasteiger partial charge < -0.3 is 25.7 Å². The summed E-state index contributed by atoms with van der Waals surface area (Å²) in [5.74, 6) is -0.870. The van der Waals surface area contributed by atoms with E-state index >= 15 is 0 Å². The molecule has 0 saturated carbocycles. The number of rotatable bonds is 5. The Morgan fingerprint density at radius 1 is 1.21 bits per heavy atom. The molecule has 0 fully saturated rings. The number of hydrogen-bond acceptors (Lipinski definition) is 6. The Labute approximate surface area is 110 Å². The lowest BCUT2D eigenvalue weighted by Crippen LogP contribution is -2.30. The van der Waals surface area contributed by atoms with Crippen LogP contribution in [0.3, 0.4) is 0 Å². The third-order valence-electron chi connectivity index (χ3n) is 2.48. The van der Waals surface area contributed by atoms with Gasteiger partial charge in [0.25, 0.3) is 5.91 Å². The van der Waals surface area contributed by atoms with Gasteiger partial charge in [0.05, 0.1) is 25.5 Å². The van der Waals surface area contributed by atoms with Gasteiger partial charge in [-0.05, 0) is 13.0 Å². The molecular formula is C12H16N2O5. The van der Waals surface area contributed by atoms with Crippen molar-refractivity contribution in [3.05, 3.63) is 17.7 Å². The Morgan fingerprint density at radius 3 is 2.32 bits per heavy atom. The zero-order valence-electron chi connectivity index (χ0n) is 10.9. The number of ether oxygens (including phenoxy) is 3. The molecule has 7 heteroatoms. The number of nitrogens with two attached hydrogens (primary N) is 2. The topological polar surface area (TPSA) is 114 Å². The highest BCUT2D eigenvalue weighted by atomic mass is 16.5. The highest BCUT2D eigenvalue weighted by molar-refractivity contribution is 5.98. The second-order valence-corrected chi connectivity index (χ2v) is 3.74. The van der Waals surface area contributed by atoms with Crippen LogP contribution in [0.15, 0.2) is 12.1 Å². The maximum absolute atomic E-state index is 11.9. The number of nitrogen functional groups attached to an aromatic ring is 1. The van der Waals surface area contributed by atoms with Crippen LogP contribution in [0, 0.1) is 0 Å². The molecule has 0 bridgehead atoms. The number of carbonyl (C=O) groups is 2. The molecule has 0 aliphatic heterocycles. The van der Waals surface area contributed by atoms with Crippen molar-refractivity contribution >= 4 is 17.6 Å². The number of methoxy groups -OCH3 is 2. The van der Waals surface area contributed by atoms with E-state index in [4.69, 9.17) is 25.7 Å².